The van der Waals surface area contributed by atoms with E-state index in [9.17, 15) is 14.4 Å². The fourth-order valence-electron chi connectivity index (χ4n) is 3.85. The Morgan fingerprint density at radius 3 is 2.35 bits per heavy atom. The van der Waals surface area contributed by atoms with Gasteiger partial charge in [0.1, 0.15) is 17.7 Å². The van der Waals surface area contributed by atoms with Gasteiger partial charge in [0.15, 0.2) is 0 Å². The van der Waals surface area contributed by atoms with Crippen LogP contribution in [0.3, 0.4) is 0 Å². The fraction of sp³-hybridized carbons (Fsp3) is 0.654. The van der Waals surface area contributed by atoms with E-state index in [1.165, 1.54) is 0 Å². The summed E-state index contributed by atoms with van der Waals surface area (Å²) in [6.07, 6.45) is 1.94. The summed E-state index contributed by atoms with van der Waals surface area (Å²) in [4.78, 5) is 41.4. The van der Waals surface area contributed by atoms with Crippen molar-refractivity contribution in [3.63, 3.8) is 0 Å². The van der Waals surface area contributed by atoms with Gasteiger partial charge in [-0.05, 0) is 70.1 Å². The van der Waals surface area contributed by atoms with Crippen LogP contribution in [0.1, 0.15) is 76.6 Å². The number of aryl methyl sites for hydroxylation is 2. The molecule has 7 nitrogen and oxygen atoms in total. The fourth-order valence-corrected chi connectivity index (χ4v) is 4.09. The standard InChI is InChI=1S/C26H41N3O4S/c1-8-9-12-27-23(30)22(19-11-10-16(2)17(3)13-19)29(21-14-18(21)4)24(31)20(15-34)28-25(32)33-26(5,6)7/h10-11,13,18,20-22,34H,8-9,12,14-15H2,1-7H3,(H,27,30)(H,28,32). The number of benzene rings is 1. The van der Waals surface area contributed by atoms with Crippen molar-refractivity contribution in [3.8, 4) is 0 Å². The Balaban J connectivity index is 2.42. The van der Waals surface area contributed by atoms with Crippen LogP contribution in [-0.4, -0.2) is 52.8 Å². The van der Waals surface area contributed by atoms with Crippen molar-refractivity contribution in [1.29, 1.82) is 0 Å². The predicted molar refractivity (Wildman–Crippen MR) is 138 cm³/mol. The van der Waals surface area contributed by atoms with Crippen LogP contribution >= 0.6 is 12.6 Å². The average Bonchev–Trinajstić information content (AvgIpc) is 3.46. The summed E-state index contributed by atoms with van der Waals surface area (Å²) in [6, 6.07) is 4.08. The summed E-state index contributed by atoms with van der Waals surface area (Å²) in [5.74, 6) is -0.181. The van der Waals surface area contributed by atoms with Crippen molar-refractivity contribution in [2.45, 2.75) is 91.5 Å². The average molecular weight is 492 g/mol. The molecule has 1 aromatic rings. The van der Waals surface area contributed by atoms with Crippen LogP contribution in [-0.2, 0) is 14.3 Å². The summed E-state index contributed by atoms with van der Waals surface area (Å²) in [7, 11) is 0. The zero-order valence-electron chi connectivity index (χ0n) is 21.6. The number of hydrogen-bond donors (Lipinski definition) is 3. The highest BCUT2D eigenvalue weighted by Gasteiger charge is 2.48. The maximum absolute atomic E-state index is 13.8. The van der Waals surface area contributed by atoms with Crippen LogP contribution in [0.25, 0.3) is 0 Å². The smallest absolute Gasteiger partial charge is 0.408 e. The summed E-state index contributed by atoms with van der Waals surface area (Å²) < 4.78 is 5.35. The van der Waals surface area contributed by atoms with Crippen LogP contribution in [0.2, 0.25) is 0 Å². The van der Waals surface area contributed by atoms with Gasteiger partial charge < -0.3 is 20.3 Å². The van der Waals surface area contributed by atoms with E-state index in [2.05, 4.69) is 37.1 Å². The van der Waals surface area contributed by atoms with Crippen molar-refractivity contribution >= 4 is 30.5 Å². The minimum atomic E-state index is -0.913. The Labute approximate surface area is 209 Å². The number of alkyl carbamates (subject to hydrolysis) is 1. The lowest BCUT2D eigenvalue weighted by Crippen LogP contribution is -2.54. The van der Waals surface area contributed by atoms with E-state index >= 15 is 0 Å². The van der Waals surface area contributed by atoms with Gasteiger partial charge in [0, 0.05) is 18.3 Å². The number of unbranched alkanes of at least 4 members (excludes halogenated alkanes) is 1. The molecule has 1 saturated carbocycles. The van der Waals surface area contributed by atoms with Crippen molar-refractivity contribution in [3.05, 3.63) is 34.9 Å². The number of carbonyl (C=O) groups excluding carboxylic acids is 3. The molecule has 2 rings (SSSR count). The van der Waals surface area contributed by atoms with Gasteiger partial charge in [-0.15, -0.1) is 0 Å². The van der Waals surface area contributed by atoms with Gasteiger partial charge in [-0.1, -0.05) is 38.5 Å². The minimum absolute atomic E-state index is 0.0844. The number of carbonyl (C=O) groups is 3. The molecule has 1 aliphatic carbocycles. The molecule has 1 aliphatic rings. The van der Waals surface area contributed by atoms with E-state index in [0.717, 1.165) is 36.0 Å². The Morgan fingerprint density at radius 1 is 1.21 bits per heavy atom. The molecule has 8 heteroatoms. The molecular weight excluding hydrogens is 450 g/mol. The zero-order chi connectivity index (χ0) is 25.6. The lowest BCUT2D eigenvalue weighted by Gasteiger charge is -2.35. The maximum Gasteiger partial charge on any atom is 0.408 e. The van der Waals surface area contributed by atoms with E-state index in [0.29, 0.717) is 6.54 Å². The van der Waals surface area contributed by atoms with Gasteiger partial charge in [0.05, 0.1) is 0 Å². The molecule has 0 aliphatic heterocycles. The number of amides is 3. The van der Waals surface area contributed by atoms with Gasteiger partial charge in [0.25, 0.3) is 0 Å². The van der Waals surface area contributed by atoms with E-state index in [4.69, 9.17) is 4.74 Å². The number of nitrogens with one attached hydrogen (secondary N) is 2. The highest BCUT2D eigenvalue weighted by molar-refractivity contribution is 7.80. The monoisotopic (exact) mass is 491 g/mol. The Kier molecular flexibility index (Phi) is 9.85. The van der Waals surface area contributed by atoms with Crippen LogP contribution in [0.5, 0.6) is 0 Å². The summed E-state index contributed by atoms with van der Waals surface area (Å²) in [6.45, 7) is 14.0. The highest BCUT2D eigenvalue weighted by Crippen LogP contribution is 2.41. The van der Waals surface area contributed by atoms with E-state index < -0.39 is 23.8 Å². The molecule has 4 unspecified atom stereocenters. The second-order valence-electron chi connectivity index (χ2n) is 10.3. The molecule has 4 atom stereocenters. The molecule has 0 saturated heterocycles. The maximum atomic E-state index is 13.8. The second kappa shape index (κ2) is 12.0. The van der Waals surface area contributed by atoms with E-state index in [1.807, 2.05) is 32.0 Å². The van der Waals surface area contributed by atoms with Gasteiger partial charge in [0.2, 0.25) is 11.8 Å². The molecule has 0 bridgehead atoms. The molecule has 0 radical (unpaired) electrons. The van der Waals surface area contributed by atoms with E-state index in [1.54, 1.807) is 25.7 Å². The zero-order valence-corrected chi connectivity index (χ0v) is 22.5. The van der Waals surface area contributed by atoms with Gasteiger partial charge in [-0.3, -0.25) is 9.59 Å². The first-order valence-electron chi connectivity index (χ1n) is 12.2. The molecule has 1 fully saturated rings. The number of hydrogen-bond acceptors (Lipinski definition) is 5. The molecule has 1 aromatic carbocycles. The quantitative estimate of drug-likeness (QED) is 0.336. The molecule has 0 heterocycles. The first-order chi connectivity index (χ1) is 15.9. The number of thiol groups is 1. The number of rotatable bonds is 10. The van der Waals surface area contributed by atoms with E-state index in [-0.39, 0.29) is 29.5 Å². The minimum Gasteiger partial charge on any atom is -0.444 e. The Hall–Kier alpha value is -2.22. The normalized spacial score (nSPS) is 19.1. The molecule has 190 valence electrons. The van der Waals surface area contributed by atoms with Crippen LogP contribution in [0.15, 0.2) is 18.2 Å². The number of nitrogens with zero attached hydrogens (tertiary/aromatic N) is 1. The van der Waals surface area contributed by atoms with Gasteiger partial charge in [-0.25, -0.2) is 4.79 Å². The summed E-state index contributed by atoms with van der Waals surface area (Å²) in [5.41, 5.74) is 2.24. The molecule has 2 N–H and O–H groups in total. The van der Waals surface area contributed by atoms with Gasteiger partial charge >= 0.3 is 6.09 Å². The Bertz CT molecular complexity index is 883. The Morgan fingerprint density at radius 2 is 1.85 bits per heavy atom. The third-order valence-corrected chi connectivity index (χ3v) is 6.42. The molecular formula is C26H41N3O4S. The SMILES string of the molecule is CCCCNC(=O)C(c1ccc(C)c(C)c1)N(C(=O)C(CS)NC(=O)OC(C)(C)C)C1CC1C. The lowest BCUT2D eigenvalue weighted by atomic mass is 9.98. The molecule has 3 amide bonds. The van der Waals surface area contributed by atoms with Crippen LogP contribution < -0.4 is 10.6 Å². The first kappa shape index (κ1) is 28.0. The van der Waals surface area contributed by atoms with Crippen molar-refractivity contribution in [2.75, 3.05) is 12.3 Å². The third kappa shape index (κ3) is 7.65. The first-order valence-corrected chi connectivity index (χ1v) is 12.8. The third-order valence-electron chi connectivity index (χ3n) is 6.05. The molecule has 0 aromatic heterocycles. The highest BCUT2D eigenvalue weighted by atomic mass is 32.1. The lowest BCUT2D eigenvalue weighted by molar-refractivity contribution is -0.143. The molecule has 0 spiro atoms. The topological polar surface area (TPSA) is 87.7 Å². The predicted octanol–water partition coefficient (Wildman–Crippen LogP) is 4.32. The number of ether oxygens (including phenoxy) is 1. The van der Waals surface area contributed by atoms with Crippen LogP contribution in [0.4, 0.5) is 4.79 Å². The van der Waals surface area contributed by atoms with Crippen molar-refractivity contribution in [2.24, 2.45) is 5.92 Å². The van der Waals surface area contributed by atoms with Crippen LogP contribution in [0, 0.1) is 19.8 Å². The molecule has 34 heavy (non-hydrogen) atoms. The largest absolute Gasteiger partial charge is 0.444 e. The van der Waals surface area contributed by atoms with Crippen molar-refractivity contribution in [1.82, 2.24) is 15.5 Å². The second-order valence-corrected chi connectivity index (χ2v) is 10.7. The van der Waals surface area contributed by atoms with Gasteiger partial charge in [-0.2, -0.15) is 12.6 Å². The van der Waals surface area contributed by atoms with Crippen molar-refractivity contribution < 1.29 is 19.1 Å². The summed E-state index contributed by atoms with van der Waals surface area (Å²) in [5, 5.41) is 5.67. The summed E-state index contributed by atoms with van der Waals surface area (Å²) >= 11 is 4.33.